The molecule has 0 aliphatic heterocycles. The fourth-order valence-corrected chi connectivity index (χ4v) is 1.04. The molecule has 0 unspecified atom stereocenters. The van der Waals surface area contributed by atoms with Gasteiger partial charge in [0.1, 0.15) is 12.0 Å². The van der Waals surface area contributed by atoms with Gasteiger partial charge >= 0.3 is 6.36 Å². The van der Waals surface area contributed by atoms with E-state index < -0.39 is 6.36 Å². The number of nitrogen functional groups attached to an aromatic ring is 1. The first-order valence-electron chi connectivity index (χ1n) is 4.19. The second-order valence-electron chi connectivity index (χ2n) is 2.83. The monoisotopic (exact) mass is 231 g/mol. The van der Waals surface area contributed by atoms with Crippen LogP contribution >= 0.6 is 0 Å². The Morgan fingerprint density at radius 1 is 1.31 bits per heavy atom. The lowest BCUT2D eigenvalue weighted by Crippen LogP contribution is -2.17. The maximum Gasteiger partial charge on any atom is 0.573 e. The van der Waals surface area contributed by atoms with Gasteiger partial charge in [0.15, 0.2) is 0 Å². The van der Waals surface area contributed by atoms with Crippen molar-refractivity contribution in [2.75, 3.05) is 5.73 Å². The van der Waals surface area contributed by atoms with Crippen LogP contribution in [0.1, 0.15) is 5.56 Å². The summed E-state index contributed by atoms with van der Waals surface area (Å²) in [5.41, 5.74) is 6.03. The molecule has 0 radical (unpaired) electrons. The van der Waals surface area contributed by atoms with Crippen LogP contribution in [0.15, 0.2) is 24.3 Å². The molecular formula is C10H8F3NO2. The average Bonchev–Trinajstić information content (AvgIpc) is 2.17. The number of carbonyl (C=O) groups is 1. The van der Waals surface area contributed by atoms with Crippen LogP contribution in [-0.4, -0.2) is 12.6 Å². The maximum absolute atomic E-state index is 11.9. The second-order valence-corrected chi connectivity index (χ2v) is 2.83. The van der Waals surface area contributed by atoms with Crippen LogP contribution in [0, 0.1) is 0 Å². The van der Waals surface area contributed by atoms with Crippen molar-refractivity contribution in [3.63, 3.8) is 0 Å². The van der Waals surface area contributed by atoms with Crippen molar-refractivity contribution in [2.24, 2.45) is 0 Å². The van der Waals surface area contributed by atoms with E-state index in [-0.39, 0.29) is 17.0 Å². The van der Waals surface area contributed by atoms with Gasteiger partial charge in [-0.3, -0.25) is 4.79 Å². The summed E-state index contributed by atoms with van der Waals surface area (Å²) < 4.78 is 39.4. The lowest BCUT2D eigenvalue weighted by molar-refractivity contribution is -0.274. The lowest BCUT2D eigenvalue weighted by atomic mass is 10.1. The Balaban J connectivity index is 2.98. The van der Waals surface area contributed by atoms with Gasteiger partial charge in [-0.25, -0.2) is 0 Å². The normalized spacial score (nSPS) is 11.7. The quantitative estimate of drug-likeness (QED) is 0.493. The molecule has 3 nitrogen and oxygen atoms in total. The molecule has 2 N–H and O–H groups in total. The molecule has 1 aromatic carbocycles. The van der Waals surface area contributed by atoms with Gasteiger partial charge in [-0.05, 0) is 30.4 Å². The van der Waals surface area contributed by atoms with Crippen LogP contribution in [0.2, 0.25) is 0 Å². The number of carbonyl (C=O) groups excluding carboxylic acids is 1. The summed E-state index contributed by atoms with van der Waals surface area (Å²) in [5, 5.41) is 0. The van der Waals surface area contributed by atoms with E-state index in [0.29, 0.717) is 6.29 Å². The zero-order chi connectivity index (χ0) is 12.2. The summed E-state index contributed by atoms with van der Waals surface area (Å²) in [6, 6.07) is 3.47. The molecule has 0 atom stereocenters. The van der Waals surface area contributed by atoms with Gasteiger partial charge in [0.2, 0.25) is 0 Å². The molecule has 0 fully saturated rings. The second kappa shape index (κ2) is 4.69. The van der Waals surface area contributed by atoms with Gasteiger partial charge in [-0.2, -0.15) is 0 Å². The molecule has 0 aliphatic rings. The van der Waals surface area contributed by atoms with Crippen molar-refractivity contribution in [3.8, 4) is 5.75 Å². The van der Waals surface area contributed by atoms with E-state index in [4.69, 9.17) is 5.73 Å². The van der Waals surface area contributed by atoms with E-state index in [1.165, 1.54) is 12.1 Å². The molecule has 0 aromatic heterocycles. The number of allylic oxidation sites excluding steroid dienone is 1. The Morgan fingerprint density at radius 3 is 2.56 bits per heavy atom. The van der Waals surface area contributed by atoms with Crippen LogP contribution < -0.4 is 10.5 Å². The van der Waals surface area contributed by atoms with E-state index in [1.54, 1.807) is 0 Å². The Hall–Kier alpha value is -1.98. The molecule has 16 heavy (non-hydrogen) atoms. The van der Waals surface area contributed by atoms with Crippen molar-refractivity contribution >= 4 is 18.0 Å². The highest BCUT2D eigenvalue weighted by atomic mass is 19.4. The van der Waals surface area contributed by atoms with Crippen molar-refractivity contribution in [1.82, 2.24) is 0 Å². The number of alkyl halides is 3. The summed E-state index contributed by atoms with van der Waals surface area (Å²) in [6.45, 7) is 0. The Bertz CT molecular complexity index is 413. The van der Waals surface area contributed by atoms with E-state index >= 15 is 0 Å². The third-order valence-electron chi connectivity index (χ3n) is 1.65. The Morgan fingerprint density at radius 2 is 2.00 bits per heavy atom. The van der Waals surface area contributed by atoms with Crippen molar-refractivity contribution in [2.45, 2.75) is 6.36 Å². The first-order valence-corrected chi connectivity index (χ1v) is 4.19. The lowest BCUT2D eigenvalue weighted by Gasteiger charge is -2.10. The summed E-state index contributed by atoms with van der Waals surface area (Å²) in [4.78, 5) is 10.1. The summed E-state index contributed by atoms with van der Waals surface area (Å²) in [6.07, 6.45) is -1.83. The molecule has 86 valence electrons. The maximum atomic E-state index is 11.9. The molecule has 0 heterocycles. The molecule has 6 heteroatoms. The zero-order valence-electron chi connectivity index (χ0n) is 7.99. The third-order valence-corrected chi connectivity index (χ3v) is 1.65. The Labute approximate surface area is 89.3 Å². The molecule has 0 aliphatic carbocycles. The summed E-state index contributed by atoms with van der Waals surface area (Å²) in [7, 11) is 0. The van der Waals surface area contributed by atoms with E-state index in [1.807, 2.05) is 0 Å². The predicted octanol–water partition coefficient (Wildman–Crippen LogP) is 2.38. The van der Waals surface area contributed by atoms with Gasteiger partial charge in [0, 0.05) is 11.3 Å². The van der Waals surface area contributed by atoms with E-state index in [9.17, 15) is 18.0 Å². The Kier molecular flexibility index (Phi) is 3.55. The number of rotatable bonds is 3. The fraction of sp³-hybridized carbons (Fsp3) is 0.100. The number of halogens is 3. The van der Waals surface area contributed by atoms with Crippen LogP contribution in [-0.2, 0) is 4.79 Å². The molecule has 1 aromatic rings. The van der Waals surface area contributed by atoms with Crippen molar-refractivity contribution in [1.29, 1.82) is 0 Å². The number of hydrogen-bond donors (Lipinski definition) is 1. The van der Waals surface area contributed by atoms with Crippen molar-refractivity contribution < 1.29 is 22.7 Å². The molecule has 0 amide bonds. The number of nitrogens with two attached hydrogens (primary N) is 1. The first kappa shape index (κ1) is 12.1. The number of anilines is 1. The number of aldehydes is 1. The highest BCUT2D eigenvalue weighted by Gasteiger charge is 2.31. The fourth-order valence-electron chi connectivity index (χ4n) is 1.04. The molecule has 1 rings (SSSR count). The van der Waals surface area contributed by atoms with Crippen LogP contribution in [0.25, 0.3) is 6.08 Å². The topological polar surface area (TPSA) is 52.3 Å². The zero-order valence-corrected chi connectivity index (χ0v) is 7.99. The van der Waals surface area contributed by atoms with Crippen LogP contribution in [0.5, 0.6) is 5.75 Å². The summed E-state index contributed by atoms with van der Waals surface area (Å²) >= 11 is 0. The first-order chi connectivity index (χ1) is 7.42. The molecular weight excluding hydrogens is 223 g/mol. The van der Waals surface area contributed by atoms with E-state index in [0.717, 1.165) is 18.2 Å². The smallest absolute Gasteiger partial charge is 0.406 e. The largest absolute Gasteiger partial charge is 0.573 e. The standard InChI is InChI=1S/C10H8F3NO2/c11-10(12,13)16-8-3-4-9(14)7(6-8)2-1-5-15/h1-6H,14H2. The van der Waals surface area contributed by atoms with Crippen LogP contribution in [0.4, 0.5) is 18.9 Å². The van der Waals surface area contributed by atoms with Crippen LogP contribution in [0.3, 0.4) is 0 Å². The number of benzene rings is 1. The SMILES string of the molecule is Nc1ccc(OC(F)(F)F)cc1C=CC=O. The molecule has 0 bridgehead atoms. The molecule has 0 spiro atoms. The van der Waals surface area contributed by atoms with Gasteiger partial charge in [-0.1, -0.05) is 0 Å². The van der Waals surface area contributed by atoms with Gasteiger partial charge in [0.05, 0.1) is 0 Å². The van der Waals surface area contributed by atoms with Gasteiger partial charge in [-0.15, -0.1) is 13.2 Å². The highest BCUT2D eigenvalue weighted by molar-refractivity contribution is 5.77. The minimum Gasteiger partial charge on any atom is -0.406 e. The molecule has 0 saturated heterocycles. The van der Waals surface area contributed by atoms with Crippen molar-refractivity contribution in [3.05, 3.63) is 29.8 Å². The molecule has 0 saturated carbocycles. The van der Waals surface area contributed by atoms with Gasteiger partial charge < -0.3 is 10.5 Å². The van der Waals surface area contributed by atoms with Gasteiger partial charge in [0.25, 0.3) is 0 Å². The van der Waals surface area contributed by atoms with E-state index in [2.05, 4.69) is 4.74 Å². The number of ether oxygens (including phenoxy) is 1. The average molecular weight is 231 g/mol. The number of hydrogen-bond acceptors (Lipinski definition) is 3. The minimum atomic E-state index is -4.75. The third kappa shape index (κ3) is 3.64. The minimum absolute atomic E-state index is 0.257. The highest BCUT2D eigenvalue weighted by Crippen LogP contribution is 2.26. The summed E-state index contributed by atoms with van der Waals surface area (Å²) in [5.74, 6) is -0.382. The predicted molar refractivity (Wildman–Crippen MR) is 52.6 cm³/mol.